The van der Waals surface area contributed by atoms with Crippen molar-refractivity contribution < 1.29 is 14.3 Å². The van der Waals surface area contributed by atoms with Crippen LogP contribution in [-0.2, 0) is 4.79 Å². The Morgan fingerprint density at radius 1 is 0.885 bits per heavy atom. The minimum absolute atomic E-state index is 0.137. The molecule has 0 aromatic heterocycles. The van der Waals surface area contributed by atoms with E-state index in [4.69, 9.17) is 4.74 Å². The number of nitrogens with one attached hydrogen (secondary N) is 3. The van der Waals surface area contributed by atoms with Crippen LogP contribution in [0.3, 0.4) is 0 Å². The first-order valence-electron chi connectivity index (χ1n) is 8.48. The second-order valence-corrected chi connectivity index (χ2v) is 6.19. The summed E-state index contributed by atoms with van der Waals surface area (Å²) in [5.41, 5.74) is 4.82. The fourth-order valence-electron chi connectivity index (χ4n) is 2.43. The molecule has 0 unspecified atom stereocenters. The Morgan fingerprint density at radius 3 is 2.08 bits per heavy atom. The molecule has 0 fully saturated rings. The molecule has 3 N–H and O–H groups in total. The lowest BCUT2D eigenvalue weighted by Gasteiger charge is -2.13. The Kier molecular flexibility index (Phi) is 6.60. The van der Waals surface area contributed by atoms with Gasteiger partial charge in [0.25, 0.3) is 0 Å². The van der Waals surface area contributed by atoms with Crippen LogP contribution in [0.15, 0.2) is 36.4 Å². The normalized spacial score (nSPS) is 10.2. The Hall–Kier alpha value is -3.02. The van der Waals surface area contributed by atoms with Gasteiger partial charge < -0.3 is 20.7 Å². The van der Waals surface area contributed by atoms with E-state index in [0.717, 1.165) is 11.3 Å². The van der Waals surface area contributed by atoms with Crippen LogP contribution in [0.1, 0.15) is 23.6 Å². The van der Waals surface area contributed by atoms with Gasteiger partial charge in [0.1, 0.15) is 12.4 Å². The Labute approximate surface area is 153 Å². The molecule has 26 heavy (non-hydrogen) atoms. The predicted octanol–water partition coefficient (Wildman–Crippen LogP) is 3.77. The van der Waals surface area contributed by atoms with Crippen LogP contribution < -0.4 is 20.7 Å². The molecule has 6 heteroatoms. The van der Waals surface area contributed by atoms with Gasteiger partial charge in [0.05, 0.1) is 6.54 Å². The highest BCUT2D eigenvalue weighted by Gasteiger charge is 2.05. The van der Waals surface area contributed by atoms with Crippen LogP contribution in [0.5, 0.6) is 5.75 Å². The van der Waals surface area contributed by atoms with E-state index in [-0.39, 0.29) is 11.9 Å². The van der Waals surface area contributed by atoms with Crippen molar-refractivity contribution in [2.24, 2.45) is 0 Å². The number of rotatable bonds is 6. The second-order valence-electron chi connectivity index (χ2n) is 6.19. The van der Waals surface area contributed by atoms with E-state index < -0.39 is 0 Å². The third-order valence-corrected chi connectivity index (χ3v) is 3.90. The molecule has 0 aliphatic heterocycles. The molecule has 2 aromatic carbocycles. The van der Waals surface area contributed by atoms with Crippen molar-refractivity contribution in [3.8, 4) is 5.75 Å². The minimum Gasteiger partial charge on any atom is -0.491 e. The number of hydrogen-bond donors (Lipinski definition) is 3. The number of benzene rings is 2. The molecule has 0 saturated heterocycles. The average Bonchev–Trinajstić information content (AvgIpc) is 2.57. The van der Waals surface area contributed by atoms with Crippen LogP contribution in [0.4, 0.5) is 16.2 Å². The summed E-state index contributed by atoms with van der Waals surface area (Å²) in [7, 11) is 0. The zero-order valence-electron chi connectivity index (χ0n) is 15.6. The van der Waals surface area contributed by atoms with Gasteiger partial charge in [-0.1, -0.05) is 6.07 Å². The summed E-state index contributed by atoms with van der Waals surface area (Å²) in [6.07, 6.45) is 0. The van der Waals surface area contributed by atoms with Gasteiger partial charge >= 0.3 is 6.03 Å². The van der Waals surface area contributed by atoms with Crippen molar-refractivity contribution in [1.29, 1.82) is 0 Å². The van der Waals surface area contributed by atoms with Gasteiger partial charge in [0.15, 0.2) is 0 Å². The number of amides is 3. The predicted molar refractivity (Wildman–Crippen MR) is 104 cm³/mol. The number of carbonyl (C=O) groups is 2. The van der Waals surface area contributed by atoms with Gasteiger partial charge in [0, 0.05) is 18.3 Å². The highest BCUT2D eigenvalue weighted by atomic mass is 16.5. The molecule has 0 aliphatic rings. The van der Waals surface area contributed by atoms with Gasteiger partial charge in [-0.2, -0.15) is 0 Å². The fraction of sp³-hybridized carbons (Fsp3) is 0.300. The lowest BCUT2D eigenvalue weighted by atomic mass is 10.1. The largest absolute Gasteiger partial charge is 0.491 e. The van der Waals surface area contributed by atoms with E-state index >= 15 is 0 Å². The molecule has 0 spiro atoms. The third kappa shape index (κ3) is 5.81. The highest BCUT2D eigenvalue weighted by Crippen LogP contribution is 2.22. The first-order chi connectivity index (χ1) is 12.3. The van der Waals surface area contributed by atoms with Crippen molar-refractivity contribution in [3.05, 3.63) is 53.1 Å². The second kappa shape index (κ2) is 8.89. The third-order valence-electron chi connectivity index (χ3n) is 3.90. The molecule has 3 amide bonds. The number of hydrogen-bond acceptors (Lipinski definition) is 3. The average molecular weight is 355 g/mol. The molecule has 0 bridgehead atoms. The Morgan fingerprint density at radius 2 is 1.46 bits per heavy atom. The number of ether oxygens (including phenoxy) is 1. The minimum atomic E-state index is -0.308. The van der Waals surface area contributed by atoms with E-state index in [0.29, 0.717) is 24.5 Å². The molecule has 0 aliphatic carbocycles. The summed E-state index contributed by atoms with van der Waals surface area (Å²) in [6, 6.07) is 10.7. The first-order valence-corrected chi connectivity index (χ1v) is 8.48. The molecule has 0 radical (unpaired) electrons. The summed E-state index contributed by atoms with van der Waals surface area (Å²) in [6.45, 7) is 8.35. The van der Waals surface area contributed by atoms with Crippen LogP contribution in [-0.4, -0.2) is 25.1 Å². The maximum absolute atomic E-state index is 11.9. The van der Waals surface area contributed by atoms with E-state index in [1.807, 2.05) is 19.9 Å². The van der Waals surface area contributed by atoms with Crippen LogP contribution in [0.25, 0.3) is 0 Å². The molecule has 2 rings (SSSR count). The van der Waals surface area contributed by atoms with Gasteiger partial charge in [-0.05, 0) is 67.8 Å². The van der Waals surface area contributed by atoms with E-state index in [1.54, 1.807) is 24.3 Å². The maximum atomic E-state index is 11.9. The van der Waals surface area contributed by atoms with Gasteiger partial charge in [-0.15, -0.1) is 0 Å². The Balaban J connectivity index is 1.75. The molecule has 6 nitrogen and oxygen atoms in total. The number of aryl methyl sites for hydroxylation is 3. The number of urea groups is 1. The zero-order chi connectivity index (χ0) is 19.1. The smallest absolute Gasteiger partial charge is 0.319 e. The lowest BCUT2D eigenvalue weighted by molar-refractivity contribution is -0.114. The molecule has 0 atom stereocenters. The van der Waals surface area contributed by atoms with Crippen LogP contribution in [0, 0.1) is 20.8 Å². The van der Waals surface area contributed by atoms with E-state index in [1.165, 1.54) is 18.1 Å². The van der Waals surface area contributed by atoms with Crippen molar-refractivity contribution in [1.82, 2.24) is 5.32 Å². The summed E-state index contributed by atoms with van der Waals surface area (Å²) in [4.78, 5) is 22.9. The van der Waals surface area contributed by atoms with Gasteiger partial charge in [-0.3, -0.25) is 4.79 Å². The van der Waals surface area contributed by atoms with Crippen LogP contribution >= 0.6 is 0 Å². The van der Waals surface area contributed by atoms with E-state index in [9.17, 15) is 9.59 Å². The summed E-state index contributed by atoms with van der Waals surface area (Å²) in [5, 5.41) is 8.15. The molecular formula is C20H25N3O3. The molecule has 138 valence electrons. The lowest BCUT2D eigenvalue weighted by Crippen LogP contribution is -2.32. The quantitative estimate of drug-likeness (QED) is 0.690. The van der Waals surface area contributed by atoms with Crippen molar-refractivity contribution in [3.63, 3.8) is 0 Å². The number of anilines is 2. The fourth-order valence-corrected chi connectivity index (χ4v) is 2.43. The first kappa shape index (κ1) is 19.3. The van der Waals surface area contributed by atoms with Crippen molar-refractivity contribution in [2.75, 3.05) is 23.8 Å². The highest BCUT2D eigenvalue weighted by molar-refractivity contribution is 5.91. The van der Waals surface area contributed by atoms with E-state index in [2.05, 4.69) is 28.9 Å². The summed E-state index contributed by atoms with van der Waals surface area (Å²) < 4.78 is 5.74. The van der Waals surface area contributed by atoms with Gasteiger partial charge in [-0.25, -0.2) is 4.79 Å². The number of carbonyl (C=O) groups excluding carboxylic acids is 2. The summed E-state index contributed by atoms with van der Waals surface area (Å²) in [5.74, 6) is 0.700. The molecule has 0 heterocycles. The summed E-state index contributed by atoms with van der Waals surface area (Å²) >= 11 is 0. The Bertz CT molecular complexity index is 786. The van der Waals surface area contributed by atoms with Crippen molar-refractivity contribution in [2.45, 2.75) is 27.7 Å². The standard InChI is InChI=1S/C20H25N3O3/c1-13-11-15(3)19(12-14(13)2)26-10-9-21-20(25)23-18-7-5-17(6-8-18)22-16(4)24/h5-8,11-12H,9-10H2,1-4H3,(H,22,24)(H2,21,23,25). The SMILES string of the molecule is CC(=O)Nc1ccc(NC(=O)NCCOc2cc(C)c(C)cc2C)cc1. The maximum Gasteiger partial charge on any atom is 0.319 e. The van der Waals surface area contributed by atoms with Crippen molar-refractivity contribution >= 4 is 23.3 Å². The zero-order valence-corrected chi connectivity index (χ0v) is 15.6. The molecular weight excluding hydrogens is 330 g/mol. The molecule has 0 saturated carbocycles. The molecule has 2 aromatic rings. The monoisotopic (exact) mass is 355 g/mol. The van der Waals surface area contributed by atoms with Crippen LogP contribution in [0.2, 0.25) is 0 Å². The van der Waals surface area contributed by atoms with Gasteiger partial charge in [0.2, 0.25) is 5.91 Å². The topological polar surface area (TPSA) is 79.5 Å².